The molecule has 274 valence electrons. The first-order chi connectivity index (χ1) is 25.3. The molecule has 10 nitrogen and oxygen atoms in total. The van der Waals surface area contributed by atoms with Crippen LogP contribution in [0, 0.1) is 0 Å². The molecule has 6 rings (SSSR count). The van der Waals surface area contributed by atoms with Gasteiger partial charge in [0.15, 0.2) is 12.2 Å². The first-order valence-electron chi connectivity index (χ1n) is 17.6. The molecule has 2 saturated heterocycles. The van der Waals surface area contributed by atoms with Crippen molar-refractivity contribution in [2.45, 2.75) is 75.8 Å². The topological polar surface area (TPSA) is 124 Å². The van der Waals surface area contributed by atoms with Gasteiger partial charge in [0.1, 0.15) is 23.7 Å². The molecule has 4 atom stereocenters. The van der Waals surface area contributed by atoms with Gasteiger partial charge in [-0.3, -0.25) is 9.59 Å². The predicted molar refractivity (Wildman–Crippen MR) is 202 cm³/mol. The van der Waals surface area contributed by atoms with Crippen LogP contribution in [0.1, 0.15) is 72.1 Å². The summed E-state index contributed by atoms with van der Waals surface area (Å²) in [5.74, 6) is -0.686. The van der Waals surface area contributed by atoms with Gasteiger partial charge in [0.25, 0.3) is 0 Å². The Morgan fingerprint density at radius 1 is 0.538 bits per heavy atom. The number of fused-ring (bicyclic) bond motifs is 3. The van der Waals surface area contributed by atoms with E-state index in [4.69, 9.17) is 28.4 Å². The van der Waals surface area contributed by atoms with Crippen molar-refractivity contribution in [3.8, 4) is 11.5 Å². The van der Waals surface area contributed by atoms with E-state index in [1.165, 1.54) is 0 Å². The van der Waals surface area contributed by atoms with E-state index in [2.05, 4.69) is 31.9 Å². The highest BCUT2D eigenvalue weighted by molar-refractivity contribution is 9.09. The number of unbranched alkanes of at least 4 members (excludes halogenated alkanes) is 4. The summed E-state index contributed by atoms with van der Waals surface area (Å²) in [6.07, 6.45) is 3.72. The number of hydrogen-bond donors (Lipinski definition) is 0. The van der Waals surface area contributed by atoms with Crippen LogP contribution in [0.5, 0.6) is 11.5 Å². The minimum atomic E-state index is -0.675. The molecule has 4 aromatic carbocycles. The zero-order valence-electron chi connectivity index (χ0n) is 28.6. The van der Waals surface area contributed by atoms with Gasteiger partial charge in [-0.25, -0.2) is 9.59 Å². The third-order valence-corrected chi connectivity index (χ3v) is 10.2. The van der Waals surface area contributed by atoms with Crippen LogP contribution in [0.15, 0.2) is 72.8 Å². The Labute approximate surface area is 318 Å². The van der Waals surface area contributed by atoms with Crippen LogP contribution in [0.25, 0.3) is 21.5 Å². The minimum absolute atomic E-state index is 0.104. The zero-order chi connectivity index (χ0) is 36.5. The quantitative estimate of drug-likeness (QED) is 0.0472. The van der Waals surface area contributed by atoms with E-state index in [9.17, 15) is 19.2 Å². The lowest BCUT2D eigenvalue weighted by Gasteiger charge is -2.17. The molecule has 0 N–H and O–H groups in total. The first kappa shape index (κ1) is 37.9. The van der Waals surface area contributed by atoms with E-state index in [1.807, 2.05) is 0 Å². The number of esters is 4. The molecule has 2 fully saturated rings. The SMILES string of the molecule is O=C(CCCCCBr)Oc1ccc2cc(C(=O)O[C@H]3COC4C3OC[C@H]4OC(=O)c3ccc4cc(OC(=O)CCCCCBr)ccc4c3)ccc2c1. The van der Waals surface area contributed by atoms with Crippen molar-refractivity contribution in [3.05, 3.63) is 83.9 Å². The van der Waals surface area contributed by atoms with Gasteiger partial charge in [0.2, 0.25) is 0 Å². The standard InChI is InChI=1S/C40H40Br2O10/c41-17-5-1-3-7-35(43)49-31-15-13-25-19-29(11-9-27(25)21-31)39(45)51-33-23-47-38-34(24-48-37(33)38)52-40(46)30-12-10-28-22-32(16-14-26(28)20-30)50-36(44)8-4-2-6-18-42/h9-16,19-22,33-34,37-38H,1-8,17-18,23-24H2/t33-,34+,37?,38?. The van der Waals surface area contributed by atoms with Crippen molar-refractivity contribution in [2.24, 2.45) is 0 Å². The van der Waals surface area contributed by atoms with Crippen LogP contribution in [0.3, 0.4) is 0 Å². The van der Waals surface area contributed by atoms with Crippen molar-refractivity contribution in [3.63, 3.8) is 0 Å². The minimum Gasteiger partial charge on any atom is -0.453 e. The molecule has 4 aromatic rings. The Bertz CT molecular complexity index is 1780. The van der Waals surface area contributed by atoms with Crippen LogP contribution in [-0.4, -0.2) is 72.2 Å². The summed E-state index contributed by atoms with van der Waals surface area (Å²) < 4.78 is 34.4. The average Bonchev–Trinajstić information content (AvgIpc) is 3.74. The maximum Gasteiger partial charge on any atom is 0.338 e. The molecular formula is C40H40Br2O10. The number of hydrogen-bond acceptors (Lipinski definition) is 10. The van der Waals surface area contributed by atoms with Crippen molar-refractivity contribution in [1.82, 2.24) is 0 Å². The maximum atomic E-state index is 13.2. The Morgan fingerprint density at radius 2 is 0.942 bits per heavy atom. The maximum absolute atomic E-state index is 13.2. The van der Waals surface area contributed by atoms with E-state index in [0.717, 1.165) is 70.7 Å². The average molecular weight is 841 g/mol. The monoisotopic (exact) mass is 838 g/mol. The first-order valence-corrected chi connectivity index (χ1v) is 19.8. The van der Waals surface area contributed by atoms with Gasteiger partial charge >= 0.3 is 23.9 Å². The summed E-state index contributed by atoms with van der Waals surface area (Å²) in [4.78, 5) is 50.7. The summed E-state index contributed by atoms with van der Waals surface area (Å²) in [6.45, 7) is 0.209. The molecule has 0 radical (unpaired) electrons. The number of alkyl halides is 2. The molecule has 0 saturated carbocycles. The molecule has 0 amide bonds. The molecule has 0 bridgehead atoms. The largest absolute Gasteiger partial charge is 0.453 e. The number of ether oxygens (including phenoxy) is 6. The molecule has 0 aliphatic carbocycles. The van der Waals surface area contributed by atoms with Crippen LogP contribution >= 0.6 is 31.9 Å². The number of benzene rings is 4. The molecule has 12 heteroatoms. The second kappa shape index (κ2) is 18.3. The van der Waals surface area contributed by atoms with Crippen LogP contribution in [-0.2, 0) is 28.5 Å². The molecule has 52 heavy (non-hydrogen) atoms. The Hall–Kier alpha value is -3.84. The Morgan fingerprint density at radius 3 is 1.37 bits per heavy atom. The zero-order valence-corrected chi connectivity index (χ0v) is 31.7. The van der Waals surface area contributed by atoms with Crippen molar-refractivity contribution in [2.75, 3.05) is 23.9 Å². The second-order valence-electron chi connectivity index (χ2n) is 12.9. The third-order valence-electron chi connectivity index (χ3n) is 9.07. The highest BCUT2D eigenvalue weighted by Crippen LogP contribution is 2.32. The van der Waals surface area contributed by atoms with Crippen molar-refractivity contribution < 1.29 is 47.6 Å². The lowest BCUT2D eigenvalue weighted by atomic mass is 10.1. The number of carbonyl (C=O) groups is 4. The van der Waals surface area contributed by atoms with E-state index >= 15 is 0 Å². The summed E-state index contributed by atoms with van der Waals surface area (Å²) in [5, 5.41) is 5.06. The van der Waals surface area contributed by atoms with Gasteiger partial charge in [-0.05, 0) is 95.8 Å². The molecular weight excluding hydrogens is 800 g/mol. The third kappa shape index (κ3) is 9.77. The van der Waals surface area contributed by atoms with Gasteiger partial charge in [-0.15, -0.1) is 0 Å². The lowest BCUT2D eigenvalue weighted by molar-refractivity contribution is -0.135. The predicted octanol–water partition coefficient (Wildman–Crippen LogP) is 8.26. The molecule has 2 aliphatic heterocycles. The molecule has 2 unspecified atom stereocenters. The van der Waals surface area contributed by atoms with Gasteiger partial charge in [0, 0.05) is 23.5 Å². The Balaban J connectivity index is 0.995. The van der Waals surface area contributed by atoms with Gasteiger partial charge in [-0.1, -0.05) is 69.0 Å². The highest BCUT2D eigenvalue weighted by Gasteiger charge is 2.51. The smallest absolute Gasteiger partial charge is 0.338 e. The molecule has 0 aromatic heterocycles. The van der Waals surface area contributed by atoms with Crippen LogP contribution in [0.4, 0.5) is 0 Å². The van der Waals surface area contributed by atoms with Crippen LogP contribution < -0.4 is 9.47 Å². The van der Waals surface area contributed by atoms with Crippen molar-refractivity contribution in [1.29, 1.82) is 0 Å². The second-order valence-corrected chi connectivity index (χ2v) is 14.5. The highest BCUT2D eigenvalue weighted by atomic mass is 79.9. The van der Waals surface area contributed by atoms with E-state index < -0.39 is 36.4 Å². The van der Waals surface area contributed by atoms with Crippen molar-refractivity contribution >= 4 is 77.3 Å². The van der Waals surface area contributed by atoms with Gasteiger partial charge in [-0.2, -0.15) is 0 Å². The van der Waals surface area contributed by atoms with E-state index in [0.29, 0.717) is 35.5 Å². The lowest BCUT2D eigenvalue weighted by Crippen LogP contribution is -2.36. The normalized spacial score (nSPS) is 19.3. The number of rotatable bonds is 16. The van der Waals surface area contributed by atoms with E-state index in [-0.39, 0.29) is 25.2 Å². The van der Waals surface area contributed by atoms with Gasteiger partial charge in [0.05, 0.1) is 24.3 Å². The Kier molecular flexibility index (Phi) is 13.3. The fraction of sp³-hybridized carbons (Fsp3) is 0.400. The molecule has 2 heterocycles. The van der Waals surface area contributed by atoms with Crippen LogP contribution in [0.2, 0.25) is 0 Å². The molecule has 2 aliphatic rings. The summed E-state index contributed by atoms with van der Waals surface area (Å²) in [6, 6.07) is 20.9. The molecule has 0 spiro atoms. The summed E-state index contributed by atoms with van der Waals surface area (Å²) in [5.41, 5.74) is 0.715. The fourth-order valence-corrected chi connectivity index (χ4v) is 7.11. The summed E-state index contributed by atoms with van der Waals surface area (Å²) >= 11 is 6.78. The fourth-order valence-electron chi connectivity index (χ4n) is 6.32. The summed E-state index contributed by atoms with van der Waals surface area (Å²) in [7, 11) is 0. The number of halogens is 2. The van der Waals surface area contributed by atoms with E-state index in [1.54, 1.807) is 72.8 Å². The number of carbonyl (C=O) groups excluding carboxylic acids is 4. The van der Waals surface area contributed by atoms with Gasteiger partial charge < -0.3 is 28.4 Å².